The lowest BCUT2D eigenvalue weighted by Crippen LogP contribution is -2.45. The van der Waals surface area contributed by atoms with E-state index in [0.717, 1.165) is 25.2 Å². The van der Waals surface area contributed by atoms with Gasteiger partial charge in [0.05, 0.1) is 0 Å². The van der Waals surface area contributed by atoms with Crippen LogP contribution >= 0.6 is 0 Å². The van der Waals surface area contributed by atoms with Crippen LogP contribution in [0.4, 0.5) is 0 Å². The summed E-state index contributed by atoms with van der Waals surface area (Å²) in [5, 5.41) is 0. The monoisotopic (exact) mass is 326 g/mol. The molecule has 130 valence electrons. The molecule has 2 nitrogen and oxygen atoms in total. The second-order valence-corrected chi connectivity index (χ2v) is 9.27. The second kappa shape index (κ2) is 5.41. The molecule has 0 heterocycles. The molecule has 2 fully saturated rings. The first-order valence-corrected chi connectivity index (χ1v) is 9.80. The molecule has 4 aliphatic carbocycles. The van der Waals surface area contributed by atoms with E-state index >= 15 is 0 Å². The fraction of sp³-hybridized carbons (Fsp3) is 0.727. The molecule has 0 aliphatic heterocycles. The molecular formula is C22H30O2. The molecule has 4 rings (SSSR count). The summed E-state index contributed by atoms with van der Waals surface area (Å²) in [6.07, 6.45) is 13.2. The van der Waals surface area contributed by atoms with Crippen molar-refractivity contribution in [1.82, 2.24) is 0 Å². The maximum absolute atomic E-state index is 11.9. The molecule has 0 radical (unpaired) electrons. The van der Waals surface area contributed by atoms with E-state index in [0.29, 0.717) is 24.0 Å². The van der Waals surface area contributed by atoms with Crippen molar-refractivity contribution >= 4 is 12.1 Å². The first-order valence-electron chi connectivity index (χ1n) is 9.80. The van der Waals surface area contributed by atoms with Gasteiger partial charge in [-0.25, -0.2) is 0 Å². The molecule has 0 aromatic heterocycles. The topological polar surface area (TPSA) is 34.1 Å². The van der Waals surface area contributed by atoms with Crippen LogP contribution in [0.1, 0.15) is 65.7 Å². The molecule has 2 heteroatoms. The van der Waals surface area contributed by atoms with Gasteiger partial charge >= 0.3 is 0 Å². The zero-order chi connectivity index (χ0) is 17.1. The summed E-state index contributed by atoms with van der Waals surface area (Å²) in [6.45, 7) is 6.94. The zero-order valence-electron chi connectivity index (χ0n) is 15.3. The van der Waals surface area contributed by atoms with Crippen LogP contribution in [0.2, 0.25) is 0 Å². The van der Waals surface area contributed by atoms with E-state index in [1.807, 2.05) is 6.08 Å². The van der Waals surface area contributed by atoms with Gasteiger partial charge in [-0.05, 0) is 67.8 Å². The number of carbonyl (C=O) groups excluding carboxylic acids is 2. The maximum atomic E-state index is 11.9. The lowest BCUT2D eigenvalue weighted by molar-refractivity contribution is -0.115. The molecule has 24 heavy (non-hydrogen) atoms. The molecule has 6 atom stereocenters. The molecule has 2 saturated carbocycles. The summed E-state index contributed by atoms with van der Waals surface area (Å²) in [7, 11) is 0. The molecule has 0 aromatic carbocycles. The van der Waals surface area contributed by atoms with Gasteiger partial charge in [-0.1, -0.05) is 38.0 Å². The number of allylic oxidation sites excluding steroid dienone is 4. The fourth-order valence-corrected chi connectivity index (χ4v) is 6.85. The second-order valence-electron chi connectivity index (χ2n) is 9.27. The van der Waals surface area contributed by atoms with E-state index < -0.39 is 0 Å². The van der Waals surface area contributed by atoms with Crippen LogP contribution in [-0.4, -0.2) is 12.1 Å². The Morgan fingerprint density at radius 2 is 2.00 bits per heavy atom. The minimum atomic E-state index is 0.131. The largest absolute Gasteiger partial charge is 0.303 e. The third-order valence-electron chi connectivity index (χ3n) is 8.26. The summed E-state index contributed by atoms with van der Waals surface area (Å²) in [5.41, 5.74) is 3.44. The van der Waals surface area contributed by atoms with Crippen LogP contribution in [0.15, 0.2) is 23.3 Å². The average Bonchev–Trinajstić information content (AvgIpc) is 2.92. The van der Waals surface area contributed by atoms with E-state index in [1.165, 1.54) is 31.1 Å². The number of hydrogen-bond acceptors (Lipinski definition) is 2. The SMILES string of the molecule is C[C@@H](C=O)[C@H]1CC[C@H]2[C@@H]3CCC4=CC(=O)CC[C@]4(C)C3=CC[C@]12C. The van der Waals surface area contributed by atoms with Crippen molar-refractivity contribution in [3.8, 4) is 0 Å². The first kappa shape index (κ1) is 16.3. The number of hydrogen-bond donors (Lipinski definition) is 0. The van der Waals surface area contributed by atoms with E-state index in [2.05, 4.69) is 26.8 Å². The van der Waals surface area contributed by atoms with Crippen molar-refractivity contribution in [1.29, 1.82) is 0 Å². The average molecular weight is 326 g/mol. The minimum absolute atomic E-state index is 0.131. The van der Waals surface area contributed by atoms with Gasteiger partial charge in [-0.3, -0.25) is 4.79 Å². The molecule has 0 spiro atoms. The van der Waals surface area contributed by atoms with Crippen molar-refractivity contribution in [2.45, 2.75) is 65.7 Å². The molecule has 0 bridgehead atoms. The van der Waals surface area contributed by atoms with E-state index in [1.54, 1.807) is 5.57 Å². The highest BCUT2D eigenvalue weighted by atomic mass is 16.1. The highest BCUT2D eigenvalue weighted by Gasteiger charge is 2.56. The molecular weight excluding hydrogens is 296 g/mol. The number of ketones is 1. The smallest absolute Gasteiger partial charge is 0.155 e. The Morgan fingerprint density at radius 1 is 1.21 bits per heavy atom. The van der Waals surface area contributed by atoms with Gasteiger partial charge in [0.25, 0.3) is 0 Å². The molecule has 0 amide bonds. The first-order chi connectivity index (χ1) is 11.4. The summed E-state index contributed by atoms with van der Waals surface area (Å²) < 4.78 is 0. The predicted molar refractivity (Wildman–Crippen MR) is 95.4 cm³/mol. The van der Waals surface area contributed by atoms with Crippen molar-refractivity contribution in [3.63, 3.8) is 0 Å². The highest BCUT2D eigenvalue weighted by molar-refractivity contribution is 5.92. The van der Waals surface area contributed by atoms with Gasteiger partial charge in [-0.2, -0.15) is 0 Å². The molecule has 0 saturated heterocycles. The summed E-state index contributed by atoms with van der Waals surface area (Å²) in [4.78, 5) is 23.3. The van der Waals surface area contributed by atoms with Crippen LogP contribution in [0.5, 0.6) is 0 Å². The van der Waals surface area contributed by atoms with Crippen molar-refractivity contribution in [3.05, 3.63) is 23.3 Å². The number of carbonyl (C=O) groups is 2. The van der Waals surface area contributed by atoms with E-state index in [-0.39, 0.29) is 16.7 Å². The van der Waals surface area contributed by atoms with Gasteiger partial charge in [0, 0.05) is 17.8 Å². The highest BCUT2D eigenvalue weighted by Crippen LogP contribution is 2.65. The van der Waals surface area contributed by atoms with Crippen molar-refractivity contribution < 1.29 is 9.59 Å². The van der Waals surface area contributed by atoms with Gasteiger partial charge in [-0.15, -0.1) is 0 Å². The van der Waals surface area contributed by atoms with Gasteiger partial charge in [0.1, 0.15) is 6.29 Å². The van der Waals surface area contributed by atoms with Crippen LogP contribution in [0.3, 0.4) is 0 Å². The zero-order valence-corrected chi connectivity index (χ0v) is 15.3. The number of fused-ring (bicyclic) bond motifs is 5. The van der Waals surface area contributed by atoms with Gasteiger partial charge in [0.2, 0.25) is 0 Å². The third kappa shape index (κ3) is 2.07. The Labute approximate surface area is 145 Å². The Balaban J connectivity index is 1.72. The van der Waals surface area contributed by atoms with Crippen LogP contribution < -0.4 is 0 Å². The summed E-state index contributed by atoms with van der Waals surface area (Å²) in [5.74, 6) is 2.43. The van der Waals surface area contributed by atoms with Gasteiger partial charge in [0.15, 0.2) is 5.78 Å². The van der Waals surface area contributed by atoms with Gasteiger partial charge < -0.3 is 4.79 Å². The fourth-order valence-electron chi connectivity index (χ4n) is 6.85. The lowest BCUT2D eigenvalue weighted by Gasteiger charge is -2.53. The third-order valence-corrected chi connectivity index (χ3v) is 8.26. The minimum Gasteiger partial charge on any atom is -0.303 e. The van der Waals surface area contributed by atoms with E-state index in [4.69, 9.17) is 0 Å². The summed E-state index contributed by atoms with van der Waals surface area (Å²) in [6, 6.07) is 0. The van der Waals surface area contributed by atoms with Crippen LogP contribution in [-0.2, 0) is 9.59 Å². The van der Waals surface area contributed by atoms with Crippen molar-refractivity contribution in [2.24, 2.45) is 34.5 Å². The number of rotatable bonds is 2. The lowest BCUT2D eigenvalue weighted by atomic mass is 9.51. The standard InChI is InChI=1S/C22H30O2/c1-14(13-23)18-6-7-19-17-5-4-15-12-16(24)8-10-21(15,2)20(17)9-11-22(18,19)3/h9,12-14,17-19H,4-8,10-11H2,1-3H3/t14-,17-,18+,19-,21-,22+/m0/s1. The summed E-state index contributed by atoms with van der Waals surface area (Å²) >= 11 is 0. The van der Waals surface area contributed by atoms with E-state index in [9.17, 15) is 9.59 Å². The molecule has 0 aromatic rings. The van der Waals surface area contributed by atoms with Crippen LogP contribution in [0.25, 0.3) is 0 Å². The Kier molecular flexibility index (Phi) is 3.67. The predicted octanol–water partition coefficient (Wildman–Crippen LogP) is 4.89. The Hall–Kier alpha value is -1.18. The Morgan fingerprint density at radius 3 is 2.75 bits per heavy atom. The maximum Gasteiger partial charge on any atom is 0.155 e. The normalized spacial score (nSPS) is 45.5. The Bertz CT molecular complexity index is 642. The molecule has 0 unspecified atom stereocenters. The quantitative estimate of drug-likeness (QED) is 0.535. The molecule has 4 aliphatic rings. The molecule has 0 N–H and O–H groups in total. The van der Waals surface area contributed by atoms with Crippen LogP contribution in [0, 0.1) is 34.5 Å². The number of aldehydes is 1. The van der Waals surface area contributed by atoms with Crippen molar-refractivity contribution in [2.75, 3.05) is 0 Å².